The van der Waals surface area contributed by atoms with Gasteiger partial charge in [0.25, 0.3) is 0 Å². The number of ether oxygens (including phenoxy) is 1. The quantitative estimate of drug-likeness (QED) is 0.781. The van der Waals surface area contributed by atoms with Crippen LogP contribution in [0.3, 0.4) is 0 Å². The molecule has 2 rings (SSSR count). The molecule has 0 fully saturated rings. The maximum atomic E-state index is 8.76. The molecular formula is C14H19N3O2. The Labute approximate surface area is 112 Å². The highest BCUT2D eigenvalue weighted by molar-refractivity contribution is 5.84. The van der Waals surface area contributed by atoms with Gasteiger partial charge < -0.3 is 14.8 Å². The first-order valence-electron chi connectivity index (χ1n) is 6.42. The summed E-state index contributed by atoms with van der Waals surface area (Å²) in [6.07, 6.45) is 7.76. The summed E-state index contributed by atoms with van der Waals surface area (Å²) in [5.41, 5.74) is 1.85. The van der Waals surface area contributed by atoms with Gasteiger partial charge in [0.05, 0.1) is 18.6 Å². The van der Waals surface area contributed by atoms with Crippen LogP contribution in [0.5, 0.6) is 5.88 Å². The number of nitrogens with zero attached hydrogens (tertiary/aromatic N) is 2. The van der Waals surface area contributed by atoms with Gasteiger partial charge in [-0.2, -0.15) is 0 Å². The van der Waals surface area contributed by atoms with Crippen molar-refractivity contribution in [2.75, 3.05) is 13.2 Å². The van der Waals surface area contributed by atoms with Gasteiger partial charge in [-0.1, -0.05) is 26.0 Å². The number of H-pyrrole nitrogens is 1. The average molecular weight is 261 g/mol. The van der Waals surface area contributed by atoms with E-state index in [0.29, 0.717) is 24.8 Å². The molecule has 0 aliphatic heterocycles. The topological polar surface area (TPSA) is 71.0 Å². The van der Waals surface area contributed by atoms with Crippen molar-refractivity contribution in [3.63, 3.8) is 0 Å². The van der Waals surface area contributed by atoms with Gasteiger partial charge >= 0.3 is 0 Å². The minimum absolute atomic E-state index is 0.0512. The van der Waals surface area contributed by atoms with Crippen molar-refractivity contribution in [1.29, 1.82) is 0 Å². The molecule has 5 heteroatoms. The van der Waals surface area contributed by atoms with E-state index in [-0.39, 0.29) is 6.61 Å². The van der Waals surface area contributed by atoms with Crippen molar-refractivity contribution >= 4 is 11.0 Å². The Hall–Kier alpha value is -1.88. The molecule has 2 N–H and O–H groups in total. The maximum Gasteiger partial charge on any atom is 0.226 e. The van der Waals surface area contributed by atoms with E-state index in [0.717, 1.165) is 16.6 Å². The van der Waals surface area contributed by atoms with Gasteiger partial charge in [-0.3, -0.25) is 0 Å². The lowest BCUT2D eigenvalue weighted by Gasteiger charge is -2.08. The zero-order valence-corrected chi connectivity index (χ0v) is 11.3. The Balaban J connectivity index is 2.29. The first kappa shape index (κ1) is 13.5. The highest BCUT2D eigenvalue weighted by Gasteiger charge is 2.11. The molecule has 0 aliphatic carbocycles. The molecule has 5 nitrogen and oxygen atoms in total. The van der Waals surface area contributed by atoms with E-state index in [1.807, 2.05) is 12.3 Å². The third kappa shape index (κ3) is 3.32. The van der Waals surface area contributed by atoms with Gasteiger partial charge in [0, 0.05) is 6.20 Å². The van der Waals surface area contributed by atoms with Crippen LogP contribution in [0.15, 0.2) is 24.7 Å². The number of hydrogen-bond acceptors (Lipinski definition) is 4. The fourth-order valence-corrected chi connectivity index (χ4v) is 1.80. The zero-order valence-electron chi connectivity index (χ0n) is 11.3. The third-order valence-electron chi connectivity index (χ3n) is 2.68. The van der Waals surface area contributed by atoms with Gasteiger partial charge in [0.15, 0.2) is 0 Å². The standard InChI is InChI=1S/C14H19N3O2/c1-10(2)8-19-14-12-11(5-3-4-6-18)7-15-13(12)16-9-17-14/h3-4,7,9-10,18H,5-6,8H2,1-2H3,(H,15,16,17)/b4-3+. The monoisotopic (exact) mass is 261 g/mol. The lowest BCUT2D eigenvalue weighted by Crippen LogP contribution is -2.06. The molecule has 0 aliphatic rings. The van der Waals surface area contributed by atoms with Gasteiger partial charge in [-0.05, 0) is 17.9 Å². The Morgan fingerprint density at radius 1 is 1.37 bits per heavy atom. The number of fused-ring (bicyclic) bond motifs is 1. The van der Waals surface area contributed by atoms with Crippen LogP contribution in [-0.4, -0.2) is 33.3 Å². The van der Waals surface area contributed by atoms with Crippen molar-refractivity contribution in [3.8, 4) is 5.88 Å². The molecule has 0 spiro atoms. The summed E-state index contributed by atoms with van der Waals surface area (Å²) < 4.78 is 5.74. The molecule has 0 saturated heterocycles. The second-order valence-corrected chi connectivity index (χ2v) is 4.78. The highest BCUT2D eigenvalue weighted by atomic mass is 16.5. The molecule has 0 atom stereocenters. The van der Waals surface area contributed by atoms with Crippen molar-refractivity contribution in [3.05, 3.63) is 30.2 Å². The van der Waals surface area contributed by atoms with E-state index in [9.17, 15) is 0 Å². The summed E-state index contributed by atoms with van der Waals surface area (Å²) in [4.78, 5) is 11.5. The van der Waals surface area contributed by atoms with E-state index in [1.165, 1.54) is 6.33 Å². The number of aromatic amines is 1. The summed E-state index contributed by atoms with van der Waals surface area (Å²) in [5, 5.41) is 9.69. The van der Waals surface area contributed by atoms with E-state index in [1.54, 1.807) is 6.08 Å². The lowest BCUT2D eigenvalue weighted by molar-refractivity contribution is 0.264. The molecule has 0 radical (unpaired) electrons. The smallest absolute Gasteiger partial charge is 0.226 e. The zero-order chi connectivity index (χ0) is 13.7. The average Bonchev–Trinajstić information content (AvgIpc) is 2.81. The predicted molar refractivity (Wildman–Crippen MR) is 74.2 cm³/mol. The lowest BCUT2D eigenvalue weighted by atomic mass is 10.1. The molecule has 0 saturated carbocycles. The van der Waals surface area contributed by atoms with Crippen LogP contribution in [0.25, 0.3) is 11.0 Å². The van der Waals surface area contributed by atoms with Crippen molar-refractivity contribution in [2.45, 2.75) is 20.3 Å². The molecule has 0 amide bonds. The van der Waals surface area contributed by atoms with Crippen LogP contribution >= 0.6 is 0 Å². The molecule has 19 heavy (non-hydrogen) atoms. The van der Waals surface area contributed by atoms with Crippen LogP contribution in [-0.2, 0) is 6.42 Å². The Morgan fingerprint density at radius 2 is 2.21 bits per heavy atom. The van der Waals surface area contributed by atoms with Crippen molar-refractivity contribution in [2.24, 2.45) is 5.92 Å². The summed E-state index contributed by atoms with van der Waals surface area (Å²) in [5.74, 6) is 1.06. The number of aliphatic hydroxyl groups excluding tert-OH is 1. The van der Waals surface area contributed by atoms with Crippen LogP contribution in [0, 0.1) is 5.92 Å². The molecule has 102 valence electrons. The SMILES string of the molecule is CC(C)COc1ncnc2[nH]cc(C/C=C/CO)c12. The first-order valence-corrected chi connectivity index (χ1v) is 6.42. The summed E-state index contributed by atoms with van der Waals surface area (Å²) in [7, 11) is 0. The fourth-order valence-electron chi connectivity index (χ4n) is 1.80. The number of nitrogens with one attached hydrogen (secondary N) is 1. The largest absolute Gasteiger partial charge is 0.477 e. The third-order valence-corrected chi connectivity index (χ3v) is 2.68. The van der Waals surface area contributed by atoms with Gasteiger partial charge in [0.1, 0.15) is 12.0 Å². The Morgan fingerprint density at radius 3 is 2.95 bits per heavy atom. The van der Waals surface area contributed by atoms with Crippen LogP contribution in [0.1, 0.15) is 19.4 Å². The van der Waals surface area contributed by atoms with E-state index in [2.05, 4.69) is 28.8 Å². The van der Waals surface area contributed by atoms with Crippen LogP contribution in [0.2, 0.25) is 0 Å². The summed E-state index contributed by atoms with van der Waals surface area (Å²) >= 11 is 0. The molecular weight excluding hydrogens is 242 g/mol. The number of hydrogen-bond donors (Lipinski definition) is 2. The van der Waals surface area contributed by atoms with Crippen molar-refractivity contribution in [1.82, 2.24) is 15.0 Å². The predicted octanol–water partition coefficient (Wildman–Crippen LogP) is 2.08. The van der Waals surface area contributed by atoms with E-state index >= 15 is 0 Å². The number of aromatic nitrogens is 3. The number of aliphatic hydroxyl groups is 1. The Kier molecular flexibility index (Phi) is 4.52. The van der Waals surface area contributed by atoms with Crippen LogP contribution < -0.4 is 4.74 Å². The molecule has 2 heterocycles. The second kappa shape index (κ2) is 6.33. The molecule has 2 aromatic heterocycles. The number of allylic oxidation sites excluding steroid dienone is 1. The van der Waals surface area contributed by atoms with Crippen LogP contribution in [0.4, 0.5) is 0 Å². The second-order valence-electron chi connectivity index (χ2n) is 4.78. The fraction of sp³-hybridized carbons (Fsp3) is 0.429. The van der Waals surface area contributed by atoms with Gasteiger partial charge in [0.2, 0.25) is 5.88 Å². The normalized spacial score (nSPS) is 11.8. The molecule has 0 unspecified atom stereocenters. The molecule has 2 aromatic rings. The van der Waals surface area contributed by atoms with Gasteiger partial charge in [-0.15, -0.1) is 0 Å². The number of rotatable bonds is 6. The highest BCUT2D eigenvalue weighted by Crippen LogP contribution is 2.26. The first-order chi connectivity index (χ1) is 9.22. The molecule has 0 aromatic carbocycles. The van der Waals surface area contributed by atoms with Crippen molar-refractivity contribution < 1.29 is 9.84 Å². The molecule has 0 bridgehead atoms. The van der Waals surface area contributed by atoms with Gasteiger partial charge in [-0.25, -0.2) is 9.97 Å². The minimum atomic E-state index is 0.0512. The maximum absolute atomic E-state index is 8.76. The Bertz CT molecular complexity index is 561. The minimum Gasteiger partial charge on any atom is -0.477 e. The summed E-state index contributed by atoms with van der Waals surface area (Å²) in [6.45, 7) is 4.87. The summed E-state index contributed by atoms with van der Waals surface area (Å²) in [6, 6.07) is 0. The van der Waals surface area contributed by atoms with E-state index in [4.69, 9.17) is 9.84 Å². The van der Waals surface area contributed by atoms with E-state index < -0.39 is 0 Å².